The predicted octanol–water partition coefficient (Wildman–Crippen LogP) is 4.55. The van der Waals surface area contributed by atoms with E-state index in [0.717, 1.165) is 22.3 Å². The summed E-state index contributed by atoms with van der Waals surface area (Å²) in [6.07, 6.45) is 3.63. The Kier molecular flexibility index (Phi) is 4.71. The van der Waals surface area contributed by atoms with Crippen LogP contribution in [-0.2, 0) is 0 Å². The lowest BCUT2D eigenvalue weighted by Crippen LogP contribution is -2.26. The SMILES string of the molecule is Cc1cnccc1-c1ccc(C(=O)NC(C)c2ccccc2)cc1. The van der Waals surface area contributed by atoms with Crippen molar-refractivity contribution < 1.29 is 4.79 Å². The van der Waals surface area contributed by atoms with Crippen molar-refractivity contribution in [3.8, 4) is 11.1 Å². The van der Waals surface area contributed by atoms with Gasteiger partial charge in [-0.15, -0.1) is 0 Å². The lowest BCUT2D eigenvalue weighted by molar-refractivity contribution is 0.0940. The zero-order valence-electron chi connectivity index (χ0n) is 13.9. The summed E-state index contributed by atoms with van der Waals surface area (Å²) in [5.41, 5.74) is 5.09. The maximum atomic E-state index is 12.4. The van der Waals surface area contributed by atoms with Crippen molar-refractivity contribution in [3.05, 3.63) is 89.7 Å². The number of carbonyl (C=O) groups excluding carboxylic acids is 1. The van der Waals surface area contributed by atoms with E-state index in [0.29, 0.717) is 5.56 Å². The van der Waals surface area contributed by atoms with E-state index < -0.39 is 0 Å². The Morgan fingerprint density at radius 3 is 2.38 bits per heavy atom. The van der Waals surface area contributed by atoms with Gasteiger partial charge in [0.15, 0.2) is 0 Å². The van der Waals surface area contributed by atoms with Gasteiger partial charge in [0.05, 0.1) is 6.04 Å². The summed E-state index contributed by atoms with van der Waals surface area (Å²) in [6.45, 7) is 4.02. The van der Waals surface area contributed by atoms with Crippen molar-refractivity contribution in [3.63, 3.8) is 0 Å². The maximum absolute atomic E-state index is 12.4. The highest BCUT2D eigenvalue weighted by Crippen LogP contribution is 2.22. The molecule has 3 heteroatoms. The van der Waals surface area contributed by atoms with Crippen molar-refractivity contribution in [2.45, 2.75) is 19.9 Å². The summed E-state index contributed by atoms with van der Waals surface area (Å²) < 4.78 is 0. The minimum Gasteiger partial charge on any atom is -0.346 e. The van der Waals surface area contributed by atoms with Gasteiger partial charge in [0.2, 0.25) is 0 Å². The Balaban J connectivity index is 1.74. The third-order valence-electron chi connectivity index (χ3n) is 4.13. The van der Waals surface area contributed by atoms with Gasteiger partial charge in [-0.05, 0) is 54.3 Å². The van der Waals surface area contributed by atoms with Crippen LogP contribution in [0.15, 0.2) is 73.1 Å². The molecule has 0 radical (unpaired) electrons. The van der Waals surface area contributed by atoms with Crippen LogP contribution in [-0.4, -0.2) is 10.9 Å². The molecule has 1 heterocycles. The van der Waals surface area contributed by atoms with E-state index in [1.807, 2.05) is 80.7 Å². The normalized spacial score (nSPS) is 11.8. The lowest BCUT2D eigenvalue weighted by Gasteiger charge is -2.14. The van der Waals surface area contributed by atoms with E-state index in [9.17, 15) is 4.79 Å². The van der Waals surface area contributed by atoms with Crippen molar-refractivity contribution >= 4 is 5.91 Å². The summed E-state index contributed by atoms with van der Waals surface area (Å²) >= 11 is 0. The van der Waals surface area contributed by atoms with E-state index in [4.69, 9.17) is 0 Å². The molecule has 24 heavy (non-hydrogen) atoms. The van der Waals surface area contributed by atoms with Gasteiger partial charge in [-0.3, -0.25) is 9.78 Å². The lowest BCUT2D eigenvalue weighted by atomic mass is 10.0. The molecule has 1 amide bonds. The summed E-state index contributed by atoms with van der Waals surface area (Å²) in [5, 5.41) is 3.03. The number of rotatable bonds is 4. The quantitative estimate of drug-likeness (QED) is 0.767. The fourth-order valence-corrected chi connectivity index (χ4v) is 2.70. The molecule has 0 spiro atoms. The number of aryl methyl sites for hydroxylation is 1. The number of aromatic nitrogens is 1. The largest absolute Gasteiger partial charge is 0.346 e. The molecule has 1 atom stereocenters. The van der Waals surface area contributed by atoms with E-state index in [1.165, 1.54) is 0 Å². The monoisotopic (exact) mass is 316 g/mol. The molecule has 3 rings (SSSR count). The van der Waals surface area contributed by atoms with Crippen LogP contribution in [0.4, 0.5) is 0 Å². The molecule has 0 fully saturated rings. The number of nitrogens with zero attached hydrogens (tertiary/aromatic N) is 1. The first-order valence-corrected chi connectivity index (χ1v) is 8.02. The minimum absolute atomic E-state index is 0.0270. The molecule has 0 aliphatic carbocycles. The molecule has 0 saturated heterocycles. The molecule has 1 unspecified atom stereocenters. The number of hydrogen-bond acceptors (Lipinski definition) is 2. The second-order valence-corrected chi connectivity index (χ2v) is 5.87. The first-order valence-electron chi connectivity index (χ1n) is 8.02. The molecule has 1 N–H and O–H groups in total. The standard InChI is InChI=1S/C21H20N2O/c1-15-14-22-13-12-20(15)18-8-10-19(11-9-18)21(24)23-16(2)17-6-4-3-5-7-17/h3-14,16H,1-2H3,(H,23,24). The Morgan fingerprint density at radius 1 is 1.00 bits per heavy atom. The maximum Gasteiger partial charge on any atom is 0.251 e. The third kappa shape index (κ3) is 3.51. The topological polar surface area (TPSA) is 42.0 Å². The Bertz CT molecular complexity index is 826. The van der Waals surface area contributed by atoms with Gasteiger partial charge < -0.3 is 5.32 Å². The molecular formula is C21H20N2O. The van der Waals surface area contributed by atoms with Crippen LogP contribution in [0.1, 0.15) is 34.5 Å². The first-order chi connectivity index (χ1) is 11.6. The average molecular weight is 316 g/mol. The van der Waals surface area contributed by atoms with E-state index in [-0.39, 0.29) is 11.9 Å². The zero-order valence-corrected chi connectivity index (χ0v) is 13.9. The van der Waals surface area contributed by atoms with Gasteiger partial charge in [0.25, 0.3) is 5.91 Å². The van der Waals surface area contributed by atoms with E-state index in [2.05, 4.69) is 10.3 Å². The van der Waals surface area contributed by atoms with E-state index >= 15 is 0 Å². The van der Waals surface area contributed by atoms with Crippen molar-refractivity contribution in [2.24, 2.45) is 0 Å². The summed E-state index contributed by atoms with van der Waals surface area (Å²) in [4.78, 5) is 16.5. The van der Waals surface area contributed by atoms with Crippen LogP contribution in [0, 0.1) is 6.92 Å². The fourth-order valence-electron chi connectivity index (χ4n) is 2.70. The molecule has 3 nitrogen and oxygen atoms in total. The average Bonchev–Trinajstić information content (AvgIpc) is 2.63. The van der Waals surface area contributed by atoms with E-state index in [1.54, 1.807) is 6.20 Å². The van der Waals surface area contributed by atoms with Crippen molar-refractivity contribution in [1.82, 2.24) is 10.3 Å². The van der Waals surface area contributed by atoms with Gasteiger partial charge in [-0.25, -0.2) is 0 Å². The minimum atomic E-state index is -0.0654. The van der Waals surface area contributed by atoms with Gasteiger partial charge >= 0.3 is 0 Å². The second kappa shape index (κ2) is 7.09. The highest BCUT2D eigenvalue weighted by Gasteiger charge is 2.11. The van der Waals surface area contributed by atoms with Gasteiger partial charge in [0.1, 0.15) is 0 Å². The highest BCUT2D eigenvalue weighted by atomic mass is 16.1. The first kappa shape index (κ1) is 15.9. The molecule has 0 saturated carbocycles. The number of hydrogen-bond donors (Lipinski definition) is 1. The Labute approximate surface area is 142 Å². The molecule has 120 valence electrons. The Morgan fingerprint density at radius 2 is 1.71 bits per heavy atom. The van der Waals surface area contributed by atoms with Crippen LogP contribution in [0.5, 0.6) is 0 Å². The van der Waals surface area contributed by atoms with Gasteiger partial charge in [-0.2, -0.15) is 0 Å². The van der Waals surface area contributed by atoms with Crippen LogP contribution in [0.2, 0.25) is 0 Å². The highest BCUT2D eigenvalue weighted by molar-refractivity contribution is 5.95. The summed E-state index contributed by atoms with van der Waals surface area (Å²) in [5.74, 6) is -0.0654. The van der Waals surface area contributed by atoms with Crippen LogP contribution in [0.25, 0.3) is 11.1 Å². The van der Waals surface area contributed by atoms with Gasteiger partial charge in [-0.1, -0.05) is 42.5 Å². The molecule has 3 aromatic rings. The number of pyridine rings is 1. The third-order valence-corrected chi connectivity index (χ3v) is 4.13. The second-order valence-electron chi connectivity index (χ2n) is 5.87. The molecule has 0 bridgehead atoms. The predicted molar refractivity (Wildman–Crippen MR) is 96.7 cm³/mol. The molecule has 1 aromatic heterocycles. The molecule has 0 aliphatic rings. The number of carbonyl (C=O) groups is 1. The van der Waals surface area contributed by atoms with Crippen LogP contribution >= 0.6 is 0 Å². The van der Waals surface area contributed by atoms with Crippen LogP contribution < -0.4 is 5.32 Å². The van der Waals surface area contributed by atoms with Crippen molar-refractivity contribution in [2.75, 3.05) is 0 Å². The smallest absolute Gasteiger partial charge is 0.251 e. The zero-order chi connectivity index (χ0) is 16.9. The number of amides is 1. The molecular weight excluding hydrogens is 296 g/mol. The molecule has 0 aliphatic heterocycles. The number of benzene rings is 2. The summed E-state index contributed by atoms with van der Waals surface area (Å²) in [7, 11) is 0. The van der Waals surface area contributed by atoms with Crippen LogP contribution in [0.3, 0.4) is 0 Å². The summed E-state index contributed by atoms with van der Waals surface area (Å²) in [6, 6.07) is 19.6. The molecule has 2 aromatic carbocycles. The van der Waals surface area contributed by atoms with Gasteiger partial charge in [0, 0.05) is 18.0 Å². The number of nitrogens with one attached hydrogen (secondary N) is 1. The fraction of sp³-hybridized carbons (Fsp3) is 0.143. The van der Waals surface area contributed by atoms with Crippen molar-refractivity contribution in [1.29, 1.82) is 0 Å². The Hall–Kier alpha value is -2.94.